The minimum atomic E-state index is -0.427. The number of ether oxygens (including phenoxy) is 1. The number of benzene rings is 1. The highest BCUT2D eigenvalue weighted by Gasteiger charge is 2.09. The van der Waals surface area contributed by atoms with Crippen molar-refractivity contribution in [1.82, 2.24) is 4.98 Å². The number of nitrogen functional groups attached to an aromatic ring is 1. The van der Waals surface area contributed by atoms with Gasteiger partial charge in [-0.15, -0.1) is 0 Å². The largest absolute Gasteiger partial charge is 0.456 e. The quantitative estimate of drug-likeness (QED) is 0.648. The summed E-state index contributed by atoms with van der Waals surface area (Å²) in [5.74, 6) is -0.427. The minimum Gasteiger partial charge on any atom is -0.456 e. The summed E-state index contributed by atoms with van der Waals surface area (Å²) in [4.78, 5) is 15.9. The molecule has 0 saturated carbocycles. The van der Waals surface area contributed by atoms with E-state index >= 15 is 0 Å². The van der Waals surface area contributed by atoms with Crippen LogP contribution in [-0.4, -0.2) is 11.0 Å². The Morgan fingerprint density at radius 1 is 1.26 bits per heavy atom. The normalized spacial score (nSPS) is 10.2. The molecule has 2 N–H and O–H groups in total. The molecule has 2 rings (SSSR count). The van der Waals surface area contributed by atoms with E-state index in [1.165, 1.54) is 0 Å². The Bertz CT molecular complexity index is 600. The van der Waals surface area contributed by atoms with Crippen LogP contribution in [0.3, 0.4) is 0 Å². The van der Waals surface area contributed by atoms with Crippen LogP contribution in [0.4, 0.5) is 5.69 Å². The second kappa shape index (κ2) is 6.16. The lowest BCUT2D eigenvalue weighted by molar-refractivity contribution is 0.0468. The highest BCUT2D eigenvalue weighted by molar-refractivity contribution is 9.10. The molecule has 98 valence electrons. The van der Waals surface area contributed by atoms with Gasteiger partial charge in [-0.2, -0.15) is 0 Å². The molecule has 0 radical (unpaired) electrons. The zero-order valence-electron chi connectivity index (χ0n) is 9.77. The number of nitrogens with two attached hydrogens (primary N) is 1. The van der Waals surface area contributed by atoms with Crippen LogP contribution in [0, 0.1) is 0 Å². The fourth-order valence-electron chi connectivity index (χ4n) is 1.39. The summed E-state index contributed by atoms with van der Waals surface area (Å²) in [5, 5.41) is 0. The van der Waals surface area contributed by atoms with Crippen molar-refractivity contribution >= 4 is 43.5 Å². The third-order valence-corrected chi connectivity index (χ3v) is 3.56. The number of pyridine rings is 1. The number of hydrogen-bond donors (Lipinski definition) is 1. The number of halogens is 2. The van der Waals surface area contributed by atoms with E-state index in [4.69, 9.17) is 10.5 Å². The van der Waals surface area contributed by atoms with E-state index in [1.54, 1.807) is 30.5 Å². The molecule has 0 amide bonds. The fourth-order valence-corrected chi connectivity index (χ4v) is 1.87. The maximum Gasteiger partial charge on any atom is 0.338 e. The number of carbonyl (C=O) groups is 1. The smallest absolute Gasteiger partial charge is 0.338 e. The maximum atomic E-state index is 11.8. The van der Waals surface area contributed by atoms with Gasteiger partial charge in [0.2, 0.25) is 0 Å². The third kappa shape index (κ3) is 3.78. The van der Waals surface area contributed by atoms with Crippen molar-refractivity contribution in [2.45, 2.75) is 6.61 Å². The van der Waals surface area contributed by atoms with E-state index in [0.29, 0.717) is 16.9 Å². The molecule has 0 fully saturated rings. The molecular weight excluding hydrogens is 376 g/mol. The van der Waals surface area contributed by atoms with Gasteiger partial charge in [-0.05, 0) is 62.2 Å². The van der Waals surface area contributed by atoms with E-state index < -0.39 is 5.97 Å². The molecule has 0 aliphatic carbocycles. The molecular formula is C13H10Br2N2O2. The summed E-state index contributed by atoms with van der Waals surface area (Å²) in [6.45, 7) is 0.127. The molecule has 2 aromatic rings. The first-order chi connectivity index (χ1) is 9.06. The molecule has 1 aromatic heterocycles. The van der Waals surface area contributed by atoms with Gasteiger partial charge in [0.1, 0.15) is 6.61 Å². The van der Waals surface area contributed by atoms with Crippen molar-refractivity contribution in [2.75, 3.05) is 5.73 Å². The van der Waals surface area contributed by atoms with Gasteiger partial charge in [0, 0.05) is 20.8 Å². The lowest BCUT2D eigenvalue weighted by Crippen LogP contribution is -2.06. The molecule has 0 unspecified atom stereocenters. The van der Waals surface area contributed by atoms with Crippen molar-refractivity contribution in [3.63, 3.8) is 0 Å². The van der Waals surface area contributed by atoms with Gasteiger partial charge in [-0.25, -0.2) is 4.79 Å². The van der Waals surface area contributed by atoms with Crippen LogP contribution in [0.1, 0.15) is 16.1 Å². The van der Waals surface area contributed by atoms with Crippen molar-refractivity contribution < 1.29 is 9.53 Å². The number of hydrogen-bond acceptors (Lipinski definition) is 4. The summed E-state index contributed by atoms with van der Waals surface area (Å²) >= 11 is 6.56. The molecule has 0 atom stereocenters. The van der Waals surface area contributed by atoms with Crippen molar-refractivity contribution in [2.24, 2.45) is 0 Å². The van der Waals surface area contributed by atoms with Crippen LogP contribution in [0.5, 0.6) is 0 Å². The van der Waals surface area contributed by atoms with Gasteiger partial charge < -0.3 is 10.5 Å². The van der Waals surface area contributed by atoms with Gasteiger partial charge in [0.05, 0.1) is 11.3 Å². The van der Waals surface area contributed by atoms with E-state index in [0.717, 1.165) is 8.95 Å². The summed E-state index contributed by atoms with van der Waals surface area (Å²) in [6.07, 6.45) is 1.65. The molecule has 0 saturated heterocycles. The molecule has 1 aromatic carbocycles. The van der Waals surface area contributed by atoms with Crippen LogP contribution in [0.2, 0.25) is 0 Å². The summed E-state index contributed by atoms with van der Waals surface area (Å²) in [5.41, 5.74) is 7.30. The summed E-state index contributed by atoms with van der Waals surface area (Å²) < 4.78 is 6.79. The van der Waals surface area contributed by atoms with Crippen molar-refractivity contribution in [1.29, 1.82) is 0 Å². The Kier molecular flexibility index (Phi) is 4.55. The molecule has 0 bridgehead atoms. The van der Waals surface area contributed by atoms with Crippen molar-refractivity contribution in [3.8, 4) is 0 Å². The number of esters is 1. The van der Waals surface area contributed by atoms with E-state index in [1.807, 2.05) is 6.07 Å². The zero-order chi connectivity index (χ0) is 13.8. The highest BCUT2D eigenvalue weighted by atomic mass is 79.9. The van der Waals surface area contributed by atoms with E-state index in [2.05, 4.69) is 36.8 Å². The van der Waals surface area contributed by atoms with Gasteiger partial charge >= 0.3 is 5.97 Å². The second-order valence-electron chi connectivity index (χ2n) is 3.78. The number of nitrogens with zero attached hydrogens (tertiary/aromatic N) is 1. The van der Waals surface area contributed by atoms with Crippen LogP contribution >= 0.6 is 31.9 Å². The highest BCUT2D eigenvalue weighted by Crippen LogP contribution is 2.20. The molecule has 0 aliphatic heterocycles. The molecule has 6 heteroatoms. The first kappa shape index (κ1) is 14.0. The number of anilines is 1. The Labute approximate surface area is 127 Å². The van der Waals surface area contributed by atoms with Gasteiger partial charge in [-0.3, -0.25) is 4.98 Å². The summed E-state index contributed by atoms with van der Waals surface area (Å²) in [7, 11) is 0. The molecule has 0 aliphatic rings. The van der Waals surface area contributed by atoms with Crippen LogP contribution in [0.25, 0.3) is 0 Å². The SMILES string of the molecule is Nc1cc(C(=O)OCc2ccc(Br)cn2)ccc1Br. The molecule has 19 heavy (non-hydrogen) atoms. The standard InChI is InChI=1S/C13H10Br2N2O2/c14-9-2-3-10(17-6-9)7-19-13(18)8-1-4-11(15)12(16)5-8/h1-6H,7,16H2. The predicted molar refractivity (Wildman–Crippen MR) is 79.6 cm³/mol. The lowest BCUT2D eigenvalue weighted by Gasteiger charge is -2.06. The fraction of sp³-hybridized carbons (Fsp3) is 0.0769. The lowest BCUT2D eigenvalue weighted by atomic mass is 10.2. The predicted octanol–water partition coefficient (Wildman–Crippen LogP) is 3.55. The second-order valence-corrected chi connectivity index (χ2v) is 5.55. The third-order valence-electron chi connectivity index (χ3n) is 2.37. The number of rotatable bonds is 3. The van der Waals surface area contributed by atoms with Crippen molar-refractivity contribution in [3.05, 3.63) is 56.7 Å². The van der Waals surface area contributed by atoms with Crippen LogP contribution in [-0.2, 0) is 11.3 Å². The Morgan fingerprint density at radius 3 is 2.68 bits per heavy atom. The average Bonchev–Trinajstić information content (AvgIpc) is 2.41. The zero-order valence-corrected chi connectivity index (χ0v) is 12.9. The maximum absolute atomic E-state index is 11.8. The average molecular weight is 386 g/mol. The minimum absolute atomic E-state index is 0.127. The van der Waals surface area contributed by atoms with Gasteiger partial charge in [0.25, 0.3) is 0 Å². The van der Waals surface area contributed by atoms with E-state index in [9.17, 15) is 4.79 Å². The van der Waals surface area contributed by atoms with Crippen LogP contribution < -0.4 is 5.73 Å². The molecule has 4 nitrogen and oxygen atoms in total. The first-order valence-corrected chi connectivity index (χ1v) is 6.97. The first-order valence-electron chi connectivity index (χ1n) is 5.39. The number of aromatic nitrogens is 1. The monoisotopic (exact) mass is 384 g/mol. The topological polar surface area (TPSA) is 65.2 Å². The van der Waals surface area contributed by atoms with Gasteiger partial charge in [-0.1, -0.05) is 0 Å². The number of carbonyl (C=O) groups excluding carboxylic acids is 1. The molecule has 1 heterocycles. The molecule has 0 spiro atoms. The summed E-state index contributed by atoms with van der Waals surface area (Å²) in [6, 6.07) is 8.56. The van der Waals surface area contributed by atoms with Gasteiger partial charge in [0.15, 0.2) is 0 Å². The van der Waals surface area contributed by atoms with E-state index in [-0.39, 0.29) is 6.61 Å². The Morgan fingerprint density at radius 2 is 2.05 bits per heavy atom. The van der Waals surface area contributed by atoms with Crippen LogP contribution in [0.15, 0.2) is 45.5 Å². The Hall–Kier alpha value is -1.40. The Balaban J connectivity index is 2.01.